The maximum atomic E-state index is 13.3. The van der Waals surface area contributed by atoms with E-state index in [0.717, 1.165) is 37.1 Å². The molecule has 0 aromatic heterocycles. The molecule has 4 rings (SSSR count). The van der Waals surface area contributed by atoms with Crippen LogP contribution in [0.25, 0.3) is 0 Å². The van der Waals surface area contributed by atoms with Crippen LogP contribution < -0.4 is 0 Å². The van der Waals surface area contributed by atoms with Gasteiger partial charge in [-0.2, -0.15) is 12.7 Å². The Bertz CT molecular complexity index is 1250. The average molecular weight is 505 g/mol. The molecule has 2 aliphatic rings. The minimum atomic E-state index is -3.94. The second-order valence-corrected chi connectivity index (χ2v) is 12.5. The van der Waals surface area contributed by atoms with Gasteiger partial charge in [0.25, 0.3) is 10.0 Å². The van der Waals surface area contributed by atoms with Crippen LogP contribution in [0.15, 0.2) is 62.7 Å². The molecule has 2 aromatic rings. The quantitative estimate of drug-likeness (QED) is 0.444. The summed E-state index contributed by atoms with van der Waals surface area (Å²) in [6, 6.07) is 13.4. The first-order chi connectivity index (χ1) is 16.1. The van der Waals surface area contributed by atoms with Gasteiger partial charge in [-0.1, -0.05) is 35.4 Å². The monoisotopic (exact) mass is 504 g/mol. The van der Waals surface area contributed by atoms with Crippen molar-refractivity contribution >= 4 is 25.9 Å². The lowest BCUT2D eigenvalue weighted by molar-refractivity contribution is 0.286. The number of likely N-dealkylation sites (tertiary alicyclic amines) is 1. The molecule has 34 heavy (non-hydrogen) atoms. The van der Waals surface area contributed by atoms with Gasteiger partial charge in [0.1, 0.15) is 5.84 Å². The molecule has 2 aliphatic heterocycles. The van der Waals surface area contributed by atoms with Gasteiger partial charge < -0.3 is 4.90 Å². The molecule has 0 N–H and O–H groups in total. The zero-order chi connectivity index (χ0) is 24.5. The molecule has 0 aliphatic carbocycles. The zero-order valence-electron chi connectivity index (χ0n) is 19.9. The van der Waals surface area contributed by atoms with Crippen LogP contribution >= 0.6 is 0 Å². The predicted octanol–water partition coefficient (Wildman–Crippen LogP) is 2.84. The Balaban J connectivity index is 1.66. The van der Waals surface area contributed by atoms with E-state index in [1.165, 1.54) is 4.31 Å². The van der Waals surface area contributed by atoms with Gasteiger partial charge in [0, 0.05) is 13.1 Å². The summed E-state index contributed by atoms with van der Waals surface area (Å²) in [6.07, 6.45) is 1.56. The van der Waals surface area contributed by atoms with E-state index in [2.05, 4.69) is 9.30 Å². The van der Waals surface area contributed by atoms with Crippen LogP contribution in [0.2, 0.25) is 0 Å². The maximum Gasteiger partial charge on any atom is 0.283 e. The van der Waals surface area contributed by atoms with E-state index in [0.29, 0.717) is 18.9 Å². The maximum absolute atomic E-state index is 13.3. The normalized spacial score (nSPS) is 20.9. The summed E-state index contributed by atoms with van der Waals surface area (Å²) in [7, 11) is -7.66. The van der Waals surface area contributed by atoms with Gasteiger partial charge in [-0.25, -0.2) is 8.42 Å². The number of nitrogens with zero attached hydrogens (tertiary/aromatic N) is 4. The molecule has 1 atom stereocenters. The van der Waals surface area contributed by atoms with E-state index >= 15 is 0 Å². The minimum absolute atomic E-state index is 0.132. The van der Waals surface area contributed by atoms with E-state index in [4.69, 9.17) is 0 Å². The second-order valence-electron chi connectivity index (χ2n) is 9.03. The molecule has 2 heterocycles. The summed E-state index contributed by atoms with van der Waals surface area (Å²) >= 11 is 0. The van der Waals surface area contributed by atoms with E-state index < -0.39 is 26.2 Å². The Morgan fingerprint density at radius 3 is 1.91 bits per heavy atom. The van der Waals surface area contributed by atoms with Crippen LogP contribution in [0.1, 0.15) is 30.9 Å². The second kappa shape index (κ2) is 9.77. The van der Waals surface area contributed by atoms with Gasteiger partial charge in [-0.3, -0.25) is 4.90 Å². The number of benzene rings is 2. The highest BCUT2D eigenvalue weighted by molar-refractivity contribution is 7.90. The Morgan fingerprint density at radius 2 is 1.35 bits per heavy atom. The van der Waals surface area contributed by atoms with Gasteiger partial charge in [0.05, 0.1) is 22.5 Å². The minimum Gasteiger partial charge on any atom is -0.340 e. The molecule has 2 aromatic carbocycles. The molecule has 184 valence electrons. The third-order valence-corrected chi connectivity index (χ3v) is 9.79. The summed E-state index contributed by atoms with van der Waals surface area (Å²) in [6.45, 7) is 8.35. The van der Waals surface area contributed by atoms with Crippen molar-refractivity contribution in [1.82, 2.24) is 14.1 Å². The third-order valence-electron chi connectivity index (χ3n) is 6.50. The zero-order valence-corrected chi connectivity index (χ0v) is 21.5. The van der Waals surface area contributed by atoms with Gasteiger partial charge in [0.2, 0.25) is 10.0 Å². The highest BCUT2D eigenvalue weighted by Crippen LogP contribution is 2.26. The van der Waals surface area contributed by atoms with Crippen molar-refractivity contribution in [3.63, 3.8) is 0 Å². The highest BCUT2D eigenvalue weighted by atomic mass is 32.2. The van der Waals surface area contributed by atoms with Crippen molar-refractivity contribution in [2.24, 2.45) is 4.40 Å². The summed E-state index contributed by atoms with van der Waals surface area (Å²) < 4.78 is 58.7. The average Bonchev–Trinajstić information content (AvgIpc) is 3.43. The standard InChI is InChI=1S/C24H32N4O4S2/c1-19-6-10-22(11-7-19)33(29,30)25-24(18-26-14-4-5-15-26)27-16-17-28(21(27)3)34(31,32)23-12-8-20(2)9-13-23/h6-13,21H,4-5,14-18H2,1-3H3. The van der Waals surface area contributed by atoms with Crippen molar-refractivity contribution in [2.45, 2.75) is 49.6 Å². The smallest absolute Gasteiger partial charge is 0.283 e. The number of hydrogen-bond donors (Lipinski definition) is 0. The predicted molar refractivity (Wildman–Crippen MR) is 133 cm³/mol. The van der Waals surface area contributed by atoms with Crippen LogP contribution in [0.4, 0.5) is 0 Å². The molecule has 2 fully saturated rings. The summed E-state index contributed by atoms with van der Waals surface area (Å²) in [5.41, 5.74) is 1.95. The number of hydrogen-bond acceptors (Lipinski definition) is 5. The summed E-state index contributed by atoms with van der Waals surface area (Å²) in [4.78, 5) is 4.36. The molecule has 1 unspecified atom stereocenters. The van der Waals surface area contributed by atoms with Crippen LogP contribution in [0.5, 0.6) is 0 Å². The lowest BCUT2D eigenvalue weighted by Gasteiger charge is -2.30. The molecule has 8 nitrogen and oxygen atoms in total. The number of aryl methyl sites for hydroxylation is 2. The highest BCUT2D eigenvalue weighted by Gasteiger charge is 2.39. The van der Waals surface area contributed by atoms with Crippen LogP contribution in [0, 0.1) is 13.8 Å². The van der Waals surface area contributed by atoms with Gasteiger partial charge in [-0.05, 0) is 71.0 Å². The first kappa shape index (κ1) is 24.8. The van der Waals surface area contributed by atoms with Gasteiger partial charge in [0.15, 0.2) is 0 Å². The van der Waals surface area contributed by atoms with Crippen molar-refractivity contribution in [2.75, 3.05) is 32.7 Å². The molecular formula is C24H32N4O4S2. The van der Waals surface area contributed by atoms with Crippen molar-refractivity contribution in [3.8, 4) is 0 Å². The Kier molecular flexibility index (Phi) is 7.14. The lowest BCUT2D eigenvalue weighted by atomic mass is 10.2. The van der Waals surface area contributed by atoms with Crippen molar-refractivity contribution in [3.05, 3.63) is 59.7 Å². The molecule has 2 saturated heterocycles. The Labute approximate surface area is 203 Å². The molecule has 0 radical (unpaired) electrons. The van der Waals surface area contributed by atoms with E-state index in [-0.39, 0.29) is 16.3 Å². The Morgan fingerprint density at radius 1 is 0.824 bits per heavy atom. The number of rotatable bonds is 6. The largest absolute Gasteiger partial charge is 0.340 e. The van der Waals surface area contributed by atoms with Crippen LogP contribution in [-0.2, 0) is 20.0 Å². The molecule has 10 heteroatoms. The fraction of sp³-hybridized carbons (Fsp3) is 0.458. The fourth-order valence-corrected chi connectivity index (χ4v) is 7.08. The summed E-state index contributed by atoms with van der Waals surface area (Å²) in [5, 5.41) is 0. The molecular weight excluding hydrogens is 472 g/mol. The number of sulfonamides is 2. The van der Waals surface area contributed by atoms with E-state index in [9.17, 15) is 16.8 Å². The van der Waals surface area contributed by atoms with Crippen molar-refractivity contribution in [1.29, 1.82) is 0 Å². The first-order valence-corrected chi connectivity index (χ1v) is 14.4. The van der Waals surface area contributed by atoms with Crippen LogP contribution in [0.3, 0.4) is 0 Å². The van der Waals surface area contributed by atoms with Gasteiger partial charge in [-0.15, -0.1) is 4.40 Å². The number of amidine groups is 1. The summed E-state index contributed by atoms with van der Waals surface area (Å²) in [5.74, 6) is 0.386. The lowest BCUT2D eigenvalue weighted by Crippen LogP contribution is -2.46. The topological polar surface area (TPSA) is 90.4 Å². The third kappa shape index (κ3) is 5.19. The molecule has 0 bridgehead atoms. The Hall–Kier alpha value is -2.27. The fourth-order valence-electron chi connectivity index (χ4n) is 4.46. The molecule has 0 saturated carbocycles. The SMILES string of the molecule is Cc1ccc(S(=O)(=O)N=C(CN2CCCC2)N2CCN(S(=O)(=O)c3ccc(C)cc3)C2C)cc1. The van der Waals surface area contributed by atoms with Gasteiger partial charge >= 0.3 is 0 Å². The van der Waals surface area contributed by atoms with E-state index in [1.54, 1.807) is 55.5 Å². The first-order valence-electron chi connectivity index (χ1n) is 11.6. The van der Waals surface area contributed by atoms with Crippen molar-refractivity contribution < 1.29 is 16.8 Å². The molecule has 0 amide bonds. The van der Waals surface area contributed by atoms with Crippen LogP contribution in [-0.4, -0.2) is 75.7 Å². The van der Waals surface area contributed by atoms with E-state index in [1.807, 2.05) is 18.7 Å². The molecule has 0 spiro atoms.